The average molecular weight is 616 g/mol. The minimum atomic E-state index is -0.170. The van der Waals surface area contributed by atoms with Crippen LogP contribution in [0.15, 0.2) is 53.4 Å². The van der Waals surface area contributed by atoms with Gasteiger partial charge in [-0.2, -0.15) is 0 Å². The number of nitrogens with one attached hydrogen (secondary N) is 1. The molecule has 0 spiro atoms. The Bertz CT molecular complexity index is 1330. The molecule has 1 atom stereocenters. The van der Waals surface area contributed by atoms with Crippen molar-refractivity contribution in [1.29, 1.82) is 0 Å². The second-order valence-corrected chi connectivity index (χ2v) is 11.7. The third-order valence-corrected chi connectivity index (χ3v) is 8.52. The van der Waals surface area contributed by atoms with Crippen molar-refractivity contribution < 1.29 is 9.59 Å². The van der Waals surface area contributed by atoms with Crippen molar-refractivity contribution in [3.8, 4) is 0 Å². The number of pyridine rings is 2. The van der Waals surface area contributed by atoms with E-state index in [-0.39, 0.29) is 17.7 Å². The van der Waals surface area contributed by atoms with Crippen molar-refractivity contribution in [3.05, 3.63) is 91.4 Å². The number of nitrogens with zero attached hydrogens (tertiary/aromatic N) is 3. The zero-order valence-electron chi connectivity index (χ0n) is 20.9. The molecule has 1 unspecified atom stereocenters. The lowest BCUT2D eigenvalue weighted by molar-refractivity contribution is -0.132. The first-order valence-corrected chi connectivity index (χ1v) is 14.5. The van der Waals surface area contributed by atoms with E-state index >= 15 is 0 Å². The lowest BCUT2D eigenvalue weighted by Crippen LogP contribution is -2.40. The number of hydrogen-bond acceptors (Lipinski definition) is 4. The standard InChI is InChI=1S/C29H29BrCl2N4O2/c30-22-13-20-6-5-19-14-23(31)15-24(32)26(19)27(28(20)35-17-22)18-7-11-36(12-8-18)25(37)4-2-10-34-29(38)21-3-1-9-33-16-21/h1,3,9,13-18,27H,2,4-8,10-12H2,(H,34,38). The molecule has 1 aliphatic heterocycles. The van der Waals surface area contributed by atoms with Gasteiger partial charge in [0.05, 0.1) is 11.3 Å². The molecule has 5 rings (SSSR count). The number of fused-ring (bicyclic) bond motifs is 2. The molecule has 6 nitrogen and oxygen atoms in total. The fraction of sp³-hybridized carbons (Fsp3) is 0.379. The molecule has 1 aliphatic carbocycles. The number of piperidine rings is 1. The van der Waals surface area contributed by atoms with Gasteiger partial charge in [0.1, 0.15) is 0 Å². The van der Waals surface area contributed by atoms with Gasteiger partial charge in [0.15, 0.2) is 0 Å². The van der Waals surface area contributed by atoms with Crippen LogP contribution in [-0.4, -0.2) is 46.3 Å². The van der Waals surface area contributed by atoms with E-state index in [1.165, 1.54) is 17.3 Å². The van der Waals surface area contributed by atoms with E-state index in [0.717, 1.165) is 41.4 Å². The van der Waals surface area contributed by atoms with Crippen molar-refractivity contribution in [2.24, 2.45) is 5.92 Å². The van der Waals surface area contributed by atoms with Crippen LogP contribution in [0.4, 0.5) is 0 Å². The van der Waals surface area contributed by atoms with Crippen molar-refractivity contribution in [2.45, 2.75) is 44.4 Å². The highest BCUT2D eigenvalue weighted by molar-refractivity contribution is 9.10. The first kappa shape index (κ1) is 27.1. The lowest BCUT2D eigenvalue weighted by atomic mass is 9.76. The predicted octanol–water partition coefficient (Wildman–Crippen LogP) is 6.23. The van der Waals surface area contributed by atoms with Crippen LogP contribution >= 0.6 is 39.1 Å². The third-order valence-electron chi connectivity index (χ3n) is 7.56. The zero-order valence-corrected chi connectivity index (χ0v) is 24.0. The second kappa shape index (κ2) is 12.1. The molecule has 2 aliphatic rings. The Balaban J connectivity index is 1.22. The normalized spacial score (nSPS) is 17.3. The van der Waals surface area contributed by atoms with Crippen molar-refractivity contribution >= 4 is 50.9 Å². The van der Waals surface area contributed by atoms with Crippen LogP contribution in [0.3, 0.4) is 0 Å². The Morgan fingerprint density at radius 1 is 1.08 bits per heavy atom. The second-order valence-electron chi connectivity index (χ2n) is 9.96. The fourth-order valence-electron chi connectivity index (χ4n) is 5.71. The Morgan fingerprint density at radius 3 is 2.63 bits per heavy atom. The monoisotopic (exact) mass is 614 g/mol. The summed E-state index contributed by atoms with van der Waals surface area (Å²) < 4.78 is 0.974. The molecule has 3 heterocycles. The fourth-order valence-corrected chi connectivity index (χ4v) is 6.74. The number of halogens is 3. The van der Waals surface area contributed by atoms with Crippen LogP contribution in [-0.2, 0) is 17.6 Å². The smallest absolute Gasteiger partial charge is 0.252 e. The predicted molar refractivity (Wildman–Crippen MR) is 153 cm³/mol. The van der Waals surface area contributed by atoms with Crippen LogP contribution in [0, 0.1) is 5.92 Å². The summed E-state index contributed by atoms with van der Waals surface area (Å²) in [7, 11) is 0. The maximum Gasteiger partial charge on any atom is 0.252 e. The zero-order chi connectivity index (χ0) is 26.6. The summed E-state index contributed by atoms with van der Waals surface area (Å²) in [5, 5.41) is 4.22. The Morgan fingerprint density at radius 2 is 1.87 bits per heavy atom. The number of rotatable bonds is 6. The van der Waals surface area contributed by atoms with Crippen molar-refractivity contribution in [2.75, 3.05) is 19.6 Å². The van der Waals surface area contributed by atoms with Gasteiger partial charge in [-0.15, -0.1) is 0 Å². The van der Waals surface area contributed by atoms with E-state index in [1.54, 1.807) is 18.3 Å². The van der Waals surface area contributed by atoms with Gasteiger partial charge in [-0.05, 0) is 101 Å². The molecule has 3 aromatic rings. The molecule has 1 N–H and O–H groups in total. The molecular weight excluding hydrogens is 587 g/mol. The number of amides is 2. The van der Waals surface area contributed by atoms with E-state index in [2.05, 4.69) is 32.3 Å². The van der Waals surface area contributed by atoms with Gasteiger partial charge < -0.3 is 10.2 Å². The molecule has 2 amide bonds. The molecule has 38 heavy (non-hydrogen) atoms. The molecule has 1 fully saturated rings. The first-order chi connectivity index (χ1) is 18.4. The quantitative estimate of drug-likeness (QED) is 0.334. The molecule has 1 aromatic carbocycles. The summed E-state index contributed by atoms with van der Waals surface area (Å²) in [6.45, 7) is 1.86. The maximum absolute atomic E-state index is 12.9. The topological polar surface area (TPSA) is 75.2 Å². The summed E-state index contributed by atoms with van der Waals surface area (Å²) in [6, 6.07) is 9.50. The number of carbonyl (C=O) groups is 2. The SMILES string of the molecule is O=C(NCCCC(=O)N1CCC(C2c3ncc(Br)cc3CCc3cc(Cl)cc(Cl)c32)CC1)c1cccnc1. The van der Waals surface area contributed by atoms with Gasteiger partial charge in [0, 0.05) is 65.1 Å². The summed E-state index contributed by atoms with van der Waals surface area (Å²) in [4.78, 5) is 35.9. The first-order valence-electron chi connectivity index (χ1n) is 13.0. The molecule has 0 saturated carbocycles. The largest absolute Gasteiger partial charge is 0.352 e. The molecule has 2 aromatic heterocycles. The highest BCUT2D eigenvalue weighted by atomic mass is 79.9. The average Bonchev–Trinajstić information content (AvgIpc) is 3.08. The van der Waals surface area contributed by atoms with E-state index < -0.39 is 0 Å². The molecule has 9 heteroatoms. The molecule has 0 bridgehead atoms. The summed E-state index contributed by atoms with van der Waals surface area (Å²) in [6.07, 6.45) is 9.55. The molecule has 198 valence electrons. The number of carbonyl (C=O) groups excluding carboxylic acids is 2. The van der Waals surface area contributed by atoms with E-state index in [1.807, 2.05) is 23.2 Å². The number of likely N-dealkylation sites (tertiary alicyclic amines) is 1. The molecule has 1 saturated heterocycles. The van der Waals surface area contributed by atoms with Gasteiger partial charge in [-0.3, -0.25) is 19.6 Å². The van der Waals surface area contributed by atoms with E-state index in [4.69, 9.17) is 28.2 Å². The minimum Gasteiger partial charge on any atom is -0.352 e. The van der Waals surface area contributed by atoms with Gasteiger partial charge in [0.2, 0.25) is 5.91 Å². The summed E-state index contributed by atoms with van der Waals surface area (Å²) >= 11 is 16.8. The Kier molecular flexibility index (Phi) is 8.66. The summed E-state index contributed by atoms with van der Waals surface area (Å²) in [5.41, 5.74) is 5.17. The van der Waals surface area contributed by atoms with Crippen LogP contribution in [0.25, 0.3) is 0 Å². The molecule has 0 radical (unpaired) electrons. The Hall–Kier alpha value is -2.48. The Labute approximate surface area is 241 Å². The van der Waals surface area contributed by atoms with Gasteiger partial charge in [0.25, 0.3) is 5.91 Å². The van der Waals surface area contributed by atoms with Crippen LogP contribution in [0.2, 0.25) is 10.0 Å². The maximum atomic E-state index is 12.9. The number of benzene rings is 1. The third kappa shape index (κ3) is 6.05. The molecular formula is C29H29BrCl2N4O2. The van der Waals surface area contributed by atoms with Gasteiger partial charge in [-0.25, -0.2) is 0 Å². The van der Waals surface area contributed by atoms with Crippen LogP contribution < -0.4 is 5.32 Å². The van der Waals surface area contributed by atoms with Crippen LogP contribution in [0.5, 0.6) is 0 Å². The van der Waals surface area contributed by atoms with Crippen molar-refractivity contribution in [3.63, 3.8) is 0 Å². The number of aryl methyl sites for hydroxylation is 2. The minimum absolute atomic E-state index is 0.0697. The van der Waals surface area contributed by atoms with Gasteiger partial charge >= 0.3 is 0 Å². The highest BCUT2D eigenvalue weighted by Gasteiger charge is 2.36. The van der Waals surface area contributed by atoms with Gasteiger partial charge in [-0.1, -0.05) is 23.2 Å². The number of aromatic nitrogens is 2. The number of hydrogen-bond donors (Lipinski definition) is 1. The van der Waals surface area contributed by atoms with Crippen LogP contribution in [0.1, 0.15) is 64.3 Å². The van der Waals surface area contributed by atoms with E-state index in [0.29, 0.717) is 54.0 Å². The summed E-state index contributed by atoms with van der Waals surface area (Å²) in [5.74, 6) is 0.351. The van der Waals surface area contributed by atoms with E-state index in [9.17, 15) is 9.59 Å². The lowest BCUT2D eigenvalue weighted by Gasteiger charge is -2.37. The van der Waals surface area contributed by atoms with Crippen molar-refractivity contribution in [1.82, 2.24) is 20.2 Å². The highest BCUT2D eigenvalue weighted by Crippen LogP contribution is 2.46.